The molecule has 0 unspecified atom stereocenters. The molecule has 0 aliphatic rings. The molecule has 6 nitrogen and oxygen atoms in total. The summed E-state index contributed by atoms with van der Waals surface area (Å²) >= 11 is 0. The largest absolute Gasteiger partial charge is 0.492 e. The second kappa shape index (κ2) is 6.60. The number of carbonyl (C=O) groups excluding carboxylic acids is 1. The SMILES string of the molecule is CN(CCOc1ccccc1)C(=O)Nc1ccn(C)n1. The van der Waals surface area contributed by atoms with Gasteiger partial charge in [0.15, 0.2) is 5.82 Å². The maximum Gasteiger partial charge on any atom is 0.322 e. The van der Waals surface area contributed by atoms with Crippen LogP contribution in [0, 0.1) is 0 Å². The van der Waals surface area contributed by atoms with Gasteiger partial charge < -0.3 is 9.64 Å². The maximum absolute atomic E-state index is 11.9. The molecule has 1 aromatic heterocycles. The number of likely N-dealkylation sites (N-methyl/N-ethyl adjacent to an activating group) is 1. The molecule has 2 aromatic rings. The van der Waals surface area contributed by atoms with E-state index in [1.165, 1.54) is 0 Å². The number of nitrogens with zero attached hydrogens (tertiary/aromatic N) is 3. The lowest BCUT2D eigenvalue weighted by molar-refractivity contribution is 0.207. The molecule has 0 saturated heterocycles. The van der Waals surface area contributed by atoms with E-state index in [4.69, 9.17) is 4.74 Å². The average Bonchev–Trinajstić information content (AvgIpc) is 2.85. The highest BCUT2D eigenvalue weighted by Gasteiger charge is 2.09. The zero-order valence-electron chi connectivity index (χ0n) is 11.6. The fourth-order valence-electron chi connectivity index (χ4n) is 1.61. The number of hydrogen-bond acceptors (Lipinski definition) is 3. The Bertz CT molecular complexity index is 553. The zero-order chi connectivity index (χ0) is 14.4. The van der Waals surface area contributed by atoms with Gasteiger partial charge in [-0.3, -0.25) is 10.00 Å². The zero-order valence-corrected chi connectivity index (χ0v) is 11.6. The smallest absolute Gasteiger partial charge is 0.322 e. The summed E-state index contributed by atoms with van der Waals surface area (Å²) in [5, 5.41) is 6.80. The maximum atomic E-state index is 11.9. The van der Waals surface area contributed by atoms with Gasteiger partial charge in [-0.05, 0) is 12.1 Å². The Hall–Kier alpha value is -2.50. The first kappa shape index (κ1) is 13.9. The second-order valence-corrected chi connectivity index (χ2v) is 4.39. The first-order valence-corrected chi connectivity index (χ1v) is 6.35. The Morgan fingerprint density at radius 2 is 2.10 bits per heavy atom. The third kappa shape index (κ3) is 4.01. The number of hydrogen-bond donors (Lipinski definition) is 1. The Kier molecular flexibility index (Phi) is 4.60. The minimum absolute atomic E-state index is 0.208. The molecule has 6 heteroatoms. The van der Waals surface area contributed by atoms with E-state index in [0.29, 0.717) is 19.0 Å². The number of ether oxygens (including phenoxy) is 1. The average molecular weight is 274 g/mol. The van der Waals surface area contributed by atoms with Crippen LogP contribution >= 0.6 is 0 Å². The van der Waals surface area contributed by atoms with Crippen LogP contribution in [0.1, 0.15) is 0 Å². The summed E-state index contributed by atoms with van der Waals surface area (Å²) in [6.45, 7) is 0.934. The predicted octanol–water partition coefficient (Wildman–Crippen LogP) is 1.96. The first-order valence-electron chi connectivity index (χ1n) is 6.35. The first-order chi connectivity index (χ1) is 9.65. The number of amides is 2. The summed E-state index contributed by atoms with van der Waals surface area (Å²) in [6.07, 6.45) is 1.77. The standard InChI is InChI=1S/C14H18N4O2/c1-17(10-11-20-12-6-4-3-5-7-12)14(19)15-13-8-9-18(2)16-13/h3-9H,10-11H2,1-2H3,(H,15,16,19). The second-order valence-electron chi connectivity index (χ2n) is 4.39. The van der Waals surface area contributed by atoms with Crippen molar-refractivity contribution < 1.29 is 9.53 Å². The normalized spacial score (nSPS) is 10.1. The molecule has 106 valence electrons. The van der Waals surface area contributed by atoms with Crippen molar-refractivity contribution >= 4 is 11.8 Å². The molecule has 0 aliphatic heterocycles. The van der Waals surface area contributed by atoms with Gasteiger partial charge in [-0.1, -0.05) is 18.2 Å². The van der Waals surface area contributed by atoms with Crippen LogP contribution in [0.15, 0.2) is 42.6 Å². The van der Waals surface area contributed by atoms with E-state index in [9.17, 15) is 4.79 Å². The van der Waals surface area contributed by atoms with Gasteiger partial charge in [-0.15, -0.1) is 0 Å². The third-order valence-electron chi connectivity index (χ3n) is 2.73. The molecule has 2 amide bonds. The van der Waals surface area contributed by atoms with Crippen LogP contribution in [0.4, 0.5) is 10.6 Å². The van der Waals surface area contributed by atoms with Gasteiger partial charge in [-0.25, -0.2) is 4.79 Å². The Morgan fingerprint density at radius 1 is 1.35 bits per heavy atom. The van der Waals surface area contributed by atoms with Crippen LogP contribution in [0.25, 0.3) is 0 Å². The van der Waals surface area contributed by atoms with Gasteiger partial charge in [0, 0.05) is 26.4 Å². The van der Waals surface area contributed by atoms with E-state index in [1.54, 1.807) is 35.9 Å². The monoisotopic (exact) mass is 274 g/mol. The fraction of sp³-hybridized carbons (Fsp3) is 0.286. The molecular formula is C14H18N4O2. The molecule has 0 spiro atoms. The minimum atomic E-state index is -0.208. The van der Waals surface area contributed by atoms with E-state index in [0.717, 1.165) is 5.75 Å². The molecule has 20 heavy (non-hydrogen) atoms. The summed E-state index contributed by atoms with van der Waals surface area (Å²) < 4.78 is 7.17. The number of aryl methyl sites for hydroxylation is 1. The van der Waals surface area contributed by atoms with Crippen molar-refractivity contribution in [3.05, 3.63) is 42.6 Å². The number of carbonyl (C=O) groups is 1. The molecule has 0 saturated carbocycles. The molecular weight excluding hydrogens is 256 g/mol. The Morgan fingerprint density at radius 3 is 2.75 bits per heavy atom. The van der Waals surface area contributed by atoms with Gasteiger partial charge in [-0.2, -0.15) is 5.10 Å². The quantitative estimate of drug-likeness (QED) is 0.906. The molecule has 0 atom stereocenters. The van der Waals surface area contributed by atoms with Crippen molar-refractivity contribution in [2.45, 2.75) is 0 Å². The van der Waals surface area contributed by atoms with E-state index >= 15 is 0 Å². The Balaban J connectivity index is 1.74. The predicted molar refractivity (Wildman–Crippen MR) is 76.8 cm³/mol. The molecule has 1 N–H and O–H groups in total. The van der Waals surface area contributed by atoms with Gasteiger partial charge in [0.1, 0.15) is 12.4 Å². The van der Waals surface area contributed by atoms with Gasteiger partial charge >= 0.3 is 6.03 Å². The van der Waals surface area contributed by atoms with E-state index in [2.05, 4.69) is 10.4 Å². The number of urea groups is 1. The summed E-state index contributed by atoms with van der Waals surface area (Å²) in [6, 6.07) is 11.0. The number of aromatic nitrogens is 2. The molecule has 1 heterocycles. The molecule has 1 aromatic carbocycles. The topological polar surface area (TPSA) is 59.4 Å². The molecule has 0 radical (unpaired) electrons. The number of anilines is 1. The number of rotatable bonds is 5. The summed E-state index contributed by atoms with van der Waals surface area (Å²) in [7, 11) is 3.51. The molecule has 2 rings (SSSR count). The van der Waals surface area contributed by atoms with Crippen LogP contribution in [-0.4, -0.2) is 40.9 Å². The van der Waals surface area contributed by atoms with Crippen molar-refractivity contribution in [2.75, 3.05) is 25.5 Å². The molecule has 0 fully saturated rings. The highest BCUT2D eigenvalue weighted by atomic mass is 16.5. The minimum Gasteiger partial charge on any atom is -0.492 e. The van der Waals surface area contributed by atoms with Gasteiger partial charge in [0.2, 0.25) is 0 Å². The van der Waals surface area contributed by atoms with Crippen molar-refractivity contribution in [1.29, 1.82) is 0 Å². The lowest BCUT2D eigenvalue weighted by Crippen LogP contribution is -2.34. The lowest BCUT2D eigenvalue weighted by Gasteiger charge is -2.17. The van der Waals surface area contributed by atoms with E-state index in [-0.39, 0.29) is 6.03 Å². The van der Waals surface area contributed by atoms with E-state index < -0.39 is 0 Å². The van der Waals surface area contributed by atoms with Crippen LogP contribution in [0.2, 0.25) is 0 Å². The van der Waals surface area contributed by atoms with Crippen molar-refractivity contribution in [3.8, 4) is 5.75 Å². The van der Waals surface area contributed by atoms with Gasteiger partial charge in [0.25, 0.3) is 0 Å². The van der Waals surface area contributed by atoms with Crippen molar-refractivity contribution in [2.24, 2.45) is 7.05 Å². The number of para-hydroxylation sites is 1. The summed E-state index contributed by atoms with van der Waals surface area (Å²) in [5.41, 5.74) is 0. The van der Waals surface area contributed by atoms with Crippen LogP contribution < -0.4 is 10.1 Å². The molecule has 0 aliphatic carbocycles. The summed E-state index contributed by atoms with van der Waals surface area (Å²) in [4.78, 5) is 13.4. The van der Waals surface area contributed by atoms with Crippen LogP contribution in [0.3, 0.4) is 0 Å². The highest BCUT2D eigenvalue weighted by molar-refractivity contribution is 5.87. The third-order valence-corrected chi connectivity index (χ3v) is 2.73. The van der Waals surface area contributed by atoms with E-state index in [1.807, 2.05) is 30.3 Å². The highest BCUT2D eigenvalue weighted by Crippen LogP contribution is 2.08. The fourth-order valence-corrected chi connectivity index (χ4v) is 1.61. The van der Waals surface area contributed by atoms with Crippen LogP contribution in [-0.2, 0) is 7.05 Å². The van der Waals surface area contributed by atoms with Gasteiger partial charge in [0.05, 0.1) is 6.54 Å². The number of nitrogens with one attached hydrogen (secondary N) is 1. The van der Waals surface area contributed by atoms with Crippen molar-refractivity contribution in [3.63, 3.8) is 0 Å². The molecule has 0 bridgehead atoms. The number of benzene rings is 1. The Labute approximate surface area is 118 Å². The van der Waals surface area contributed by atoms with Crippen molar-refractivity contribution in [1.82, 2.24) is 14.7 Å². The van der Waals surface area contributed by atoms with Crippen LogP contribution in [0.5, 0.6) is 5.75 Å². The summed E-state index contributed by atoms with van der Waals surface area (Å²) in [5.74, 6) is 1.33. The lowest BCUT2D eigenvalue weighted by atomic mass is 10.3.